The molecule has 0 amide bonds. The first kappa shape index (κ1) is 29.4. The highest BCUT2D eigenvalue weighted by Gasteiger charge is 2.42. The second-order valence-corrected chi connectivity index (χ2v) is 11.4. The van der Waals surface area contributed by atoms with Crippen LogP contribution in [0.4, 0.5) is 0 Å². The second kappa shape index (κ2) is 12.9. The van der Waals surface area contributed by atoms with Crippen molar-refractivity contribution in [2.45, 2.75) is 92.0 Å². The van der Waals surface area contributed by atoms with Crippen LogP contribution in [-0.2, 0) is 14.3 Å². The average molecular weight is 508 g/mol. The molecule has 2 rings (SSSR count). The molecule has 0 saturated carbocycles. The van der Waals surface area contributed by atoms with Crippen LogP contribution in [0.25, 0.3) is 6.08 Å². The summed E-state index contributed by atoms with van der Waals surface area (Å²) in [4.78, 5) is 30.5. The van der Waals surface area contributed by atoms with E-state index in [0.29, 0.717) is 19.3 Å². The number of ketones is 1. The topological polar surface area (TPSA) is 117 Å². The number of Topliss-reactive ketones (excluding diaryl/α,β-unsaturated/α-hetero) is 1. The third-order valence-electron chi connectivity index (χ3n) is 7.11. The Morgan fingerprint density at radius 1 is 1.29 bits per heavy atom. The Morgan fingerprint density at radius 3 is 2.57 bits per heavy atom. The first-order valence-electron chi connectivity index (χ1n) is 12.4. The minimum atomic E-state index is -1.25. The molecule has 3 N–H and O–H groups in total. The van der Waals surface area contributed by atoms with E-state index < -0.39 is 35.6 Å². The molecule has 196 valence electrons. The number of aliphatic hydroxyl groups excluding tert-OH is 3. The van der Waals surface area contributed by atoms with Gasteiger partial charge in [-0.3, -0.25) is 9.59 Å². The second-order valence-electron chi connectivity index (χ2n) is 10.4. The quantitative estimate of drug-likeness (QED) is 0.414. The van der Waals surface area contributed by atoms with Crippen LogP contribution in [0.15, 0.2) is 22.6 Å². The summed E-state index contributed by atoms with van der Waals surface area (Å²) < 4.78 is 5.77. The number of esters is 1. The standard InChI is InChI=1S/C27H41NO6S/c1-16-8-7-9-20(14-29)10-11-22(17(2)12-21-15-35-19(4)28-21)34-24(31)13-23(30)27(5,6)26(33)18(3)25(16)32/h10,12,15-16,18,22-23,25,29-30,32H,7-9,11,13-14H2,1-6H3/b17-12+,20-10+/t16-,18+,22-,23-,25?/m0/s1. The SMILES string of the molecule is C/C(=C\c1csc(C)n1)[C@@H]1C/C=C(/CO)CCC[C@H](C)C(O)[C@@H](C)C(=O)C(C)(C)[C@@H](O)CC(=O)O1. The fourth-order valence-corrected chi connectivity index (χ4v) is 5.03. The van der Waals surface area contributed by atoms with Gasteiger partial charge in [-0.25, -0.2) is 4.98 Å². The van der Waals surface area contributed by atoms with Crippen LogP contribution in [0.2, 0.25) is 0 Å². The van der Waals surface area contributed by atoms with Gasteiger partial charge in [0.15, 0.2) is 0 Å². The van der Waals surface area contributed by atoms with Gasteiger partial charge >= 0.3 is 5.97 Å². The molecule has 5 atom stereocenters. The highest BCUT2D eigenvalue weighted by atomic mass is 32.1. The number of ether oxygens (including phenoxy) is 1. The van der Waals surface area contributed by atoms with Crippen LogP contribution in [0.5, 0.6) is 0 Å². The first-order valence-corrected chi connectivity index (χ1v) is 13.2. The molecule has 8 heteroatoms. The number of carbonyl (C=O) groups is 2. The summed E-state index contributed by atoms with van der Waals surface area (Å²) in [5.41, 5.74) is 1.20. The minimum Gasteiger partial charge on any atom is -0.457 e. The maximum atomic E-state index is 13.2. The highest BCUT2D eigenvalue weighted by molar-refractivity contribution is 7.09. The monoisotopic (exact) mass is 507 g/mol. The van der Waals surface area contributed by atoms with Crippen molar-refractivity contribution in [2.24, 2.45) is 17.3 Å². The number of aryl methyl sites for hydroxylation is 1. The van der Waals surface area contributed by atoms with Crippen molar-refractivity contribution in [3.8, 4) is 0 Å². The molecule has 1 aromatic heterocycles. The van der Waals surface area contributed by atoms with Crippen LogP contribution >= 0.6 is 11.3 Å². The van der Waals surface area contributed by atoms with E-state index in [2.05, 4.69) is 4.98 Å². The van der Waals surface area contributed by atoms with E-state index >= 15 is 0 Å². The van der Waals surface area contributed by atoms with Crippen molar-refractivity contribution in [2.75, 3.05) is 6.61 Å². The smallest absolute Gasteiger partial charge is 0.309 e. The van der Waals surface area contributed by atoms with Gasteiger partial charge in [-0.1, -0.05) is 33.8 Å². The van der Waals surface area contributed by atoms with Crippen molar-refractivity contribution in [3.63, 3.8) is 0 Å². The molecule has 0 radical (unpaired) electrons. The molecular formula is C27H41NO6S. The molecule has 2 heterocycles. The Morgan fingerprint density at radius 2 is 1.97 bits per heavy atom. The lowest BCUT2D eigenvalue weighted by Crippen LogP contribution is -2.45. The molecule has 35 heavy (non-hydrogen) atoms. The van der Waals surface area contributed by atoms with Crippen LogP contribution < -0.4 is 0 Å². The number of thiazole rings is 1. The van der Waals surface area contributed by atoms with Gasteiger partial charge in [0.05, 0.1) is 41.4 Å². The highest BCUT2D eigenvalue weighted by Crippen LogP contribution is 2.32. The number of aliphatic hydroxyl groups is 3. The molecule has 1 unspecified atom stereocenters. The minimum absolute atomic E-state index is 0.104. The maximum Gasteiger partial charge on any atom is 0.309 e. The maximum absolute atomic E-state index is 13.2. The van der Waals surface area contributed by atoms with E-state index in [1.807, 2.05) is 38.3 Å². The number of hydrogen-bond acceptors (Lipinski definition) is 8. The van der Waals surface area contributed by atoms with Gasteiger partial charge in [-0.15, -0.1) is 11.3 Å². The lowest BCUT2D eigenvalue weighted by Gasteiger charge is -2.34. The van der Waals surface area contributed by atoms with Gasteiger partial charge in [-0.05, 0) is 56.3 Å². The van der Waals surface area contributed by atoms with E-state index in [4.69, 9.17) is 4.74 Å². The van der Waals surface area contributed by atoms with Crippen molar-refractivity contribution < 1.29 is 29.6 Å². The fraction of sp³-hybridized carbons (Fsp3) is 0.667. The van der Waals surface area contributed by atoms with Crippen molar-refractivity contribution in [1.29, 1.82) is 0 Å². The van der Waals surface area contributed by atoms with E-state index in [9.17, 15) is 24.9 Å². The lowest BCUT2D eigenvalue weighted by molar-refractivity contribution is -0.154. The van der Waals surface area contributed by atoms with Gasteiger partial charge in [0.2, 0.25) is 0 Å². The number of aromatic nitrogens is 1. The third-order valence-corrected chi connectivity index (χ3v) is 7.90. The van der Waals surface area contributed by atoms with Gasteiger partial charge in [0, 0.05) is 17.7 Å². The summed E-state index contributed by atoms with van der Waals surface area (Å²) in [5.74, 6) is -1.71. The van der Waals surface area contributed by atoms with Crippen LogP contribution in [-0.4, -0.2) is 57.0 Å². The average Bonchev–Trinajstić information content (AvgIpc) is 3.21. The predicted octanol–water partition coefficient (Wildman–Crippen LogP) is 4.24. The number of cyclic esters (lactones) is 1. The number of nitrogens with zero attached hydrogens (tertiary/aromatic N) is 1. The summed E-state index contributed by atoms with van der Waals surface area (Å²) in [7, 11) is 0. The Bertz CT molecular complexity index is 934. The van der Waals surface area contributed by atoms with Crippen molar-refractivity contribution >= 4 is 29.2 Å². The predicted molar refractivity (Wildman–Crippen MR) is 138 cm³/mol. The Balaban J connectivity index is 2.37. The summed E-state index contributed by atoms with van der Waals surface area (Å²) in [5, 5.41) is 34.3. The molecule has 1 aliphatic rings. The lowest BCUT2D eigenvalue weighted by atomic mass is 9.73. The molecule has 0 aliphatic carbocycles. The van der Waals surface area contributed by atoms with Crippen LogP contribution in [0, 0.1) is 24.2 Å². The molecule has 0 spiro atoms. The van der Waals surface area contributed by atoms with E-state index in [0.717, 1.165) is 28.3 Å². The van der Waals surface area contributed by atoms with Gasteiger partial charge in [-0.2, -0.15) is 0 Å². The Hall–Kier alpha value is -1.87. The number of carbonyl (C=O) groups excluding carboxylic acids is 2. The molecule has 0 fully saturated rings. The zero-order valence-electron chi connectivity index (χ0n) is 21.8. The third kappa shape index (κ3) is 8.07. The molecule has 0 saturated heterocycles. The largest absolute Gasteiger partial charge is 0.457 e. The van der Waals surface area contributed by atoms with Crippen LogP contribution in [0.3, 0.4) is 0 Å². The Kier molecular flexibility index (Phi) is 10.8. The molecule has 0 bridgehead atoms. The zero-order chi connectivity index (χ0) is 26.3. The molecule has 7 nitrogen and oxygen atoms in total. The summed E-state index contributed by atoms with van der Waals surface area (Å²) in [6, 6.07) is 0. The normalized spacial score (nSPS) is 31.5. The van der Waals surface area contributed by atoms with E-state index in [-0.39, 0.29) is 24.7 Å². The number of hydrogen-bond donors (Lipinski definition) is 3. The summed E-state index contributed by atoms with van der Waals surface area (Å²) in [6.07, 6.45) is 3.20. The van der Waals surface area contributed by atoms with Gasteiger partial charge in [0.25, 0.3) is 0 Å². The molecule has 1 aromatic rings. The molecule has 1 aliphatic heterocycles. The van der Waals surface area contributed by atoms with Crippen molar-refractivity contribution in [1.82, 2.24) is 4.98 Å². The van der Waals surface area contributed by atoms with E-state index in [1.54, 1.807) is 20.8 Å². The first-order chi connectivity index (χ1) is 16.4. The van der Waals surface area contributed by atoms with E-state index in [1.165, 1.54) is 11.3 Å². The van der Waals surface area contributed by atoms with Crippen molar-refractivity contribution in [3.05, 3.63) is 33.3 Å². The Labute approximate surface area is 212 Å². The number of rotatable bonds is 3. The zero-order valence-corrected chi connectivity index (χ0v) is 22.6. The fourth-order valence-electron chi connectivity index (χ4n) is 4.46. The van der Waals surface area contributed by atoms with Crippen LogP contribution in [0.1, 0.15) is 77.4 Å². The molecule has 0 aromatic carbocycles. The van der Waals surface area contributed by atoms with Gasteiger partial charge in [0.1, 0.15) is 11.9 Å². The summed E-state index contributed by atoms with van der Waals surface area (Å²) >= 11 is 1.53. The van der Waals surface area contributed by atoms with Gasteiger partial charge < -0.3 is 20.1 Å². The molecular weight excluding hydrogens is 466 g/mol. The summed E-state index contributed by atoms with van der Waals surface area (Å²) in [6.45, 7) is 10.5.